The van der Waals surface area contributed by atoms with Crippen molar-refractivity contribution in [3.63, 3.8) is 0 Å². The lowest BCUT2D eigenvalue weighted by Crippen LogP contribution is -2.44. The molecule has 2 atom stereocenters. The van der Waals surface area contributed by atoms with E-state index in [4.69, 9.17) is 5.73 Å². The number of imide groups is 1. The molecule has 1 fully saturated rings. The number of amides is 3. The van der Waals surface area contributed by atoms with Crippen molar-refractivity contribution in [1.29, 1.82) is 0 Å². The number of nitrogens with zero attached hydrogens (tertiary/aromatic N) is 1. The monoisotopic (exact) mass is 228 g/mol. The number of hydrogen-bond donors (Lipinski definition) is 3. The first-order valence-electron chi connectivity index (χ1n) is 5.58. The van der Waals surface area contributed by atoms with E-state index in [1.165, 1.54) is 0 Å². The normalized spacial score (nSPS) is 25.4. The summed E-state index contributed by atoms with van der Waals surface area (Å²) in [5.74, 6) is 0.115. The Hall–Kier alpha value is -1.14. The van der Waals surface area contributed by atoms with Gasteiger partial charge < -0.3 is 11.1 Å². The summed E-state index contributed by atoms with van der Waals surface area (Å²) >= 11 is 0. The van der Waals surface area contributed by atoms with Gasteiger partial charge in [0.05, 0.1) is 6.54 Å². The second-order valence-corrected chi connectivity index (χ2v) is 4.24. The summed E-state index contributed by atoms with van der Waals surface area (Å²) in [5.41, 5.74) is 5.84. The summed E-state index contributed by atoms with van der Waals surface area (Å²) in [5, 5.41) is 4.77. The molecule has 0 aromatic heterocycles. The lowest BCUT2D eigenvalue weighted by molar-refractivity contribution is -0.120. The van der Waals surface area contributed by atoms with E-state index in [-0.39, 0.29) is 18.5 Å². The summed E-state index contributed by atoms with van der Waals surface area (Å²) in [7, 11) is 0. The maximum Gasteiger partial charge on any atom is 0.321 e. The zero-order valence-electron chi connectivity index (χ0n) is 9.82. The van der Waals surface area contributed by atoms with Crippen LogP contribution < -0.4 is 16.4 Å². The first kappa shape index (κ1) is 12.9. The molecule has 1 rings (SSSR count). The third-order valence-electron chi connectivity index (χ3n) is 2.70. The number of carbonyl (C=O) groups excluding carboxylic acids is 2. The predicted molar refractivity (Wildman–Crippen MR) is 60.8 cm³/mol. The summed E-state index contributed by atoms with van der Waals surface area (Å²) < 4.78 is 0. The minimum atomic E-state index is -0.441. The smallest absolute Gasteiger partial charge is 0.321 e. The molecule has 0 saturated carbocycles. The Morgan fingerprint density at radius 2 is 2.12 bits per heavy atom. The maximum atomic E-state index is 11.4. The molecule has 1 heterocycles. The number of carbonyl (C=O) groups is 2. The zero-order chi connectivity index (χ0) is 12.1. The Morgan fingerprint density at radius 1 is 1.44 bits per heavy atom. The van der Waals surface area contributed by atoms with Gasteiger partial charge in [-0.25, -0.2) is 4.79 Å². The van der Waals surface area contributed by atoms with E-state index in [9.17, 15) is 9.59 Å². The van der Waals surface area contributed by atoms with E-state index in [2.05, 4.69) is 17.6 Å². The molecule has 16 heavy (non-hydrogen) atoms. The van der Waals surface area contributed by atoms with Gasteiger partial charge in [-0.15, -0.1) is 0 Å². The van der Waals surface area contributed by atoms with Crippen LogP contribution in [-0.4, -0.2) is 49.1 Å². The van der Waals surface area contributed by atoms with Crippen LogP contribution in [-0.2, 0) is 4.79 Å². The van der Waals surface area contributed by atoms with Crippen molar-refractivity contribution in [2.75, 3.05) is 26.2 Å². The quantitative estimate of drug-likeness (QED) is 0.585. The molecule has 6 nitrogen and oxygen atoms in total. The highest BCUT2D eigenvalue weighted by molar-refractivity contribution is 5.95. The van der Waals surface area contributed by atoms with Gasteiger partial charge in [0.1, 0.15) is 0 Å². The highest BCUT2D eigenvalue weighted by atomic mass is 16.2. The molecule has 0 aliphatic carbocycles. The molecule has 6 heteroatoms. The molecule has 3 amide bonds. The molecular weight excluding hydrogens is 208 g/mol. The van der Waals surface area contributed by atoms with Crippen LogP contribution in [0.15, 0.2) is 0 Å². The predicted octanol–water partition coefficient (Wildman–Crippen LogP) is -0.889. The standard InChI is InChI=1S/C10H20N4O2/c1-3-12-10(16)13-9(15)6-14-4-7(2)8(11)5-14/h7-8H,3-6,11H2,1-2H3,(H2,12,13,15,16). The minimum absolute atomic E-state index is 0.122. The van der Waals surface area contributed by atoms with E-state index in [1.807, 2.05) is 4.90 Å². The van der Waals surface area contributed by atoms with Gasteiger partial charge in [0.15, 0.2) is 0 Å². The molecule has 0 aromatic rings. The number of nitrogens with one attached hydrogen (secondary N) is 2. The fourth-order valence-electron chi connectivity index (χ4n) is 1.80. The highest BCUT2D eigenvalue weighted by Gasteiger charge is 2.27. The minimum Gasteiger partial charge on any atom is -0.338 e. The Bertz CT molecular complexity index is 260. The lowest BCUT2D eigenvalue weighted by Gasteiger charge is -2.14. The van der Waals surface area contributed by atoms with Gasteiger partial charge >= 0.3 is 6.03 Å². The van der Waals surface area contributed by atoms with Gasteiger partial charge in [-0.1, -0.05) is 6.92 Å². The lowest BCUT2D eigenvalue weighted by atomic mass is 10.1. The molecule has 1 saturated heterocycles. The zero-order valence-corrected chi connectivity index (χ0v) is 9.82. The van der Waals surface area contributed by atoms with E-state index in [0.29, 0.717) is 19.0 Å². The van der Waals surface area contributed by atoms with Gasteiger partial charge in [0.25, 0.3) is 0 Å². The number of rotatable bonds is 3. The Kier molecular flexibility index (Phi) is 4.70. The second-order valence-electron chi connectivity index (χ2n) is 4.24. The first-order valence-corrected chi connectivity index (χ1v) is 5.58. The average Bonchev–Trinajstić information content (AvgIpc) is 2.45. The Labute approximate surface area is 95.5 Å². The van der Waals surface area contributed by atoms with Crippen LogP contribution in [0.4, 0.5) is 4.79 Å². The van der Waals surface area contributed by atoms with Gasteiger partial charge in [-0.3, -0.25) is 15.0 Å². The molecule has 2 unspecified atom stereocenters. The van der Waals surface area contributed by atoms with Crippen molar-refractivity contribution in [3.05, 3.63) is 0 Å². The van der Waals surface area contributed by atoms with Crippen LogP contribution >= 0.6 is 0 Å². The van der Waals surface area contributed by atoms with Crippen molar-refractivity contribution in [1.82, 2.24) is 15.5 Å². The van der Waals surface area contributed by atoms with Gasteiger partial charge in [0, 0.05) is 25.7 Å². The summed E-state index contributed by atoms with van der Waals surface area (Å²) in [4.78, 5) is 24.5. The number of hydrogen-bond acceptors (Lipinski definition) is 4. The fraction of sp³-hybridized carbons (Fsp3) is 0.800. The Balaban J connectivity index is 2.27. The van der Waals surface area contributed by atoms with Crippen LogP contribution in [0.25, 0.3) is 0 Å². The maximum absolute atomic E-state index is 11.4. The molecule has 92 valence electrons. The molecule has 1 aliphatic heterocycles. The summed E-state index contributed by atoms with van der Waals surface area (Å²) in [6.07, 6.45) is 0. The van der Waals surface area contributed by atoms with E-state index >= 15 is 0 Å². The van der Waals surface area contributed by atoms with Crippen molar-refractivity contribution in [2.45, 2.75) is 19.9 Å². The molecule has 0 radical (unpaired) electrons. The van der Waals surface area contributed by atoms with Crippen LogP contribution in [0.1, 0.15) is 13.8 Å². The van der Waals surface area contributed by atoms with Crippen molar-refractivity contribution in [3.8, 4) is 0 Å². The van der Waals surface area contributed by atoms with Crippen molar-refractivity contribution in [2.24, 2.45) is 11.7 Å². The van der Waals surface area contributed by atoms with Gasteiger partial charge in [-0.2, -0.15) is 0 Å². The largest absolute Gasteiger partial charge is 0.338 e. The highest BCUT2D eigenvalue weighted by Crippen LogP contribution is 2.13. The number of nitrogens with two attached hydrogens (primary N) is 1. The first-order chi connectivity index (χ1) is 7.52. The van der Waals surface area contributed by atoms with E-state index < -0.39 is 6.03 Å². The van der Waals surface area contributed by atoms with Gasteiger partial charge in [0.2, 0.25) is 5.91 Å². The van der Waals surface area contributed by atoms with Crippen LogP contribution in [0, 0.1) is 5.92 Å². The average molecular weight is 228 g/mol. The molecule has 0 spiro atoms. The molecule has 4 N–H and O–H groups in total. The molecule has 1 aliphatic rings. The third-order valence-corrected chi connectivity index (χ3v) is 2.70. The van der Waals surface area contributed by atoms with Crippen LogP contribution in [0.3, 0.4) is 0 Å². The van der Waals surface area contributed by atoms with E-state index in [1.54, 1.807) is 6.92 Å². The Morgan fingerprint density at radius 3 is 2.62 bits per heavy atom. The molecule has 0 bridgehead atoms. The number of likely N-dealkylation sites (tertiary alicyclic amines) is 1. The topological polar surface area (TPSA) is 87.5 Å². The number of urea groups is 1. The van der Waals surface area contributed by atoms with E-state index in [0.717, 1.165) is 6.54 Å². The second kappa shape index (κ2) is 5.81. The molecule has 0 aromatic carbocycles. The summed E-state index contributed by atoms with van der Waals surface area (Å²) in [6, 6.07) is -0.318. The van der Waals surface area contributed by atoms with Gasteiger partial charge in [-0.05, 0) is 12.8 Å². The van der Waals surface area contributed by atoms with Crippen LogP contribution in [0.2, 0.25) is 0 Å². The third kappa shape index (κ3) is 3.79. The fourth-order valence-corrected chi connectivity index (χ4v) is 1.80. The SMILES string of the molecule is CCNC(=O)NC(=O)CN1CC(C)C(N)C1. The molecular formula is C10H20N4O2. The van der Waals surface area contributed by atoms with Crippen molar-refractivity contribution < 1.29 is 9.59 Å². The summed E-state index contributed by atoms with van der Waals surface area (Å²) in [6.45, 7) is 6.12. The van der Waals surface area contributed by atoms with Crippen molar-refractivity contribution >= 4 is 11.9 Å². The van der Waals surface area contributed by atoms with Crippen LogP contribution in [0.5, 0.6) is 0 Å².